The van der Waals surface area contributed by atoms with Gasteiger partial charge in [-0.2, -0.15) is 0 Å². The maximum absolute atomic E-state index is 13.1. The Hall–Kier alpha value is -3.08. The van der Waals surface area contributed by atoms with Gasteiger partial charge in [-0.15, -0.1) is 0 Å². The lowest BCUT2D eigenvalue weighted by molar-refractivity contribution is 0.0771. The highest BCUT2D eigenvalue weighted by Crippen LogP contribution is 2.37. The molecule has 4 rings (SSSR count). The monoisotopic (exact) mass is 335 g/mol. The van der Waals surface area contributed by atoms with Crippen molar-refractivity contribution in [1.29, 1.82) is 0 Å². The molecule has 1 unspecified atom stereocenters. The summed E-state index contributed by atoms with van der Waals surface area (Å²) in [5.41, 5.74) is 2.44. The highest BCUT2D eigenvalue weighted by Gasteiger charge is 2.40. The number of ether oxygens (including phenoxy) is 1. The summed E-state index contributed by atoms with van der Waals surface area (Å²) in [6.07, 6.45) is 0. The van der Waals surface area contributed by atoms with E-state index < -0.39 is 6.04 Å². The first-order valence-electron chi connectivity index (χ1n) is 7.99. The van der Waals surface area contributed by atoms with E-state index >= 15 is 0 Å². The molecule has 0 N–H and O–H groups in total. The molecule has 0 spiro atoms. The zero-order valence-corrected chi connectivity index (χ0v) is 14.2. The second kappa shape index (κ2) is 5.48. The molecular weight excluding hydrogens is 318 g/mol. The second-order valence-corrected chi connectivity index (χ2v) is 6.27. The predicted octanol–water partition coefficient (Wildman–Crippen LogP) is 3.29. The molecule has 2 aromatic carbocycles. The third-order valence-electron chi connectivity index (χ3n) is 4.67. The van der Waals surface area contributed by atoms with Gasteiger partial charge in [0.25, 0.3) is 5.91 Å². The largest absolute Gasteiger partial charge is 0.497 e. The molecule has 0 saturated carbocycles. The topological polar surface area (TPSA) is 59.8 Å². The third kappa shape index (κ3) is 2.23. The van der Waals surface area contributed by atoms with Crippen LogP contribution in [0, 0.1) is 6.92 Å². The van der Waals surface area contributed by atoms with Gasteiger partial charge < -0.3 is 14.1 Å². The maximum atomic E-state index is 13.1. The maximum Gasteiger partial charge on any atom is 0.290 e. The summed E-state index contributed by atoms with van der Waals surface area (Å²) < 4.78 is 11.1. The fourth-order valence-electron chi connectivity index (χ4n) is 3.40. The number of carbonyl (C=O) groups is 1. The highest BCUT2D eigenvalue weighted by molar-refractivity contribution is 5.98. The van der Waals surface area contributed by atoms with Crippen molar-refractivity contribution in [3.05, 3.63) is 75.1 Å². The Labute approximate surface area is 144 Å². The zero-order valence-electron chi connectivity index (χ0n) is 14.2. The van der Waals surface area contributed by atoms with Gasteiger partial charge in [-0.3, -0.25) is 9.59 Å². The predicted molar refractivity (Wildman–Crippen MR) is 94.2 cm³/mol. The number of rotatable bonds is 2. The molecule has 25 heavy (non-hydrogen) atoms. The molecule has 1 aliphatic heterocycles. The number of aryl methyl sites for hydroxylation is 1. The Morgan fingerprint density at radius 3 is 2.68 bits per heavy atom. The molecule has 5 nitrogen and oxygen atoms in total. The highest BCUT2D eigenvalue weighted by atomic mass is 16.5. The van der Waals surface area contributed by atoms with Crippen molar-refractivity contribution < 1.29 is 13.9 Å². The molecule has 0 aliphatic carbocycles. The first-order valence-corrected chi connectivity index (χ1v) is 7.99. The van der Waals surface area contributed by atoms with Crippen LogP contribution in [0.25, 0.3) is 11.0 Å². The van der Waals surface area contributed by atoms with Gasteiger partial charge in [-0.05, 0) is 36.8 Å². The Bertz CT molecular complexity index is 1070. The summed E-state index contributed by atoms with van der Waals surface area (Å²) in [6, 6.07) is 12.3. The SMILES string of the molecule is COc1cccc(C2c3c(oc4ccc(C)cc4c3=O)C(=O)N2C)c1. The lowest BCUT2D eigenvalue weighted by atomic mass is 9.98. The van der Waals surface area contributed by atoms with Crippen LogP contribution >= 0.6 is 0 Å². The summed E-state index contributed by atoms with van der Waals surface area (Å²) >= 11 is 0. The molecule has 0 bridgehead atoms. The molecule has 0 fully saturated rings. The minimum atomic E-state index is -0.487. The van der Waals surface area contributed by atoms with Crippen LogP contribution in [0.3, 0.4) is 0 Å². The van der Waals surface area contributed by atoms with Gasteiger partial charge in [0.15, 0.2) is 5.43 Å². The van der Waals surface area contributed by atoms with Crippen molar-refractivity contribution in [2.45, 2.75) is 13.0 Å². The number of amides is 1. The van der Waals surface area contributed by atoms with Gasteiger partial charge in [0, 0.05) is 7.05 Å². The lowest BCUT2D eigenvalue weighted by Crippen LogP contribution is -2.25. The minimum absolute atomic E-state index is 0.122. The normalized spacial score (nSPS) is 16.4. The van der Waals surface area contributed by atoms with Crippen molar-refractivity contribution in [3.8, 4) is 5.75 Å². The number of hydrogen-bond donors (Lipinski definition) is 0. The number of benzene rings is 2. The van der Waals surface area contributed by atoms with E-state index in [1.165, 1.54) is 4.90 Å². The summed E-state index contributed by atoms with van der Waals surface area (Å²) in [7, 11) is 3.26. The van der Waals surface area contributed by atoms with Crippen LogP contribution in [0.1, 0.15) is 33.3 Å². The van der Waals surface area contributed by atoms with Crippen LogP contribution in [0.4, 0.5) is 0 Å². The smallest absolute Gasteiger partial charge is 0.290 e. The van der Waals surface area contributed by atoms with Crippen LogP contribution in [0.5, 0.6) is 5.75 Å². The van der Waals surface area contributed by atoms with Gasteiger partial charge in [0.1, 0.15) is 11.3 Å². The Balaban J connectivity index is 2.01. The average molecular weight is 335 g/mol. The van der Waals surface area contributed by atoms with E-state index in [1.807, 2.05) is 37.3 Å². The lowest BCUT2D eigenvalue weighted by Gasteiger charge is -2.20. The minimum Gasteiger partial charge on any atom is -0.497 e. The van der Waals surface area contributed by atoms with Gasteiger partial charge >= 0.3 is 0 Å². The van der Waals surface area contributed by atoms with Gasteiger partial charge in [-0.1, -0.05) is 23.8 Å². The van der Waals surface area contributed by atoms with Gasteiger partial charge in [-0.25, -0.2) is 0 Å². The van der Waals surface area contributed by atoms with Crippen LogP contribution in [0.15, 0.2) is 51.7 Å². The van der Waals surface area contributed by atoms with E-state index in [1.54, 1.807) is 26.3 Å². The number of carbonyl (C=O) groups excluding carboxylic acids is 1. The summed E-state index contributed by atoms with van der Waals surface area (Å²) in [6.45, 7) is 1.92. The Morgan fingerprint density at radius 1 is 1.12 bits per heavy atom. The molecule has 1 aromatic heterocycles. The van der Waals surface area contributed by atoms with E-state index in [4.69, 9.17) is 9.15 Å². The van der Waals surface area contributed by atoms with E-state index in [-0.39, 0.29) is 17.1 Å². The molecule has 1 aliphatic rings. The fraction of sp³-hybridized carbons (Fsp3) is 0.200. The molecule has 2 heterocycles. The van der Waals surface area contributed by atoms with Crippen molar-refractivity contribution in [2.75, 3.05) is 14.2 Å². The molecule has 1 atom stereocenters. The van der Waals surface area contributed by atoms with Crippen LogP contribution in [0.2, 0.25) is 0 Å². The van der Waals surface area contributed by atoms with Gasteiger partial charge in [0.05, 0.1) is 24.1 Å². The van der Waals surface area contributed by atoms with Crippen molar-refractivity contribution in [1.82, 2.24) is 4.90 Å². The molecule has 0 radical (unpaired) electrons. The number of nitrogens with zero attached hydrogens (tertiary/aromatic N) is 1. The molecule has 1 amide bonds. The number of fused-ring (bicyclic) bond motifs is 2. The standard InChI is InChI=1S/C20H17NO4/c1-11-7-8-15-14(9-11)18(22)16-17(21(2)20(23)19(16)25-15)12-5-4-6-13(10-12)24-3/h4-10,17H,1-3H3. The van der Waals surface area contributed by atoms with E-state index in [2.05, 4.69) is 0 Å². The summed E-state index contributed by atoms with van der Waals surface area (Å²) in [5.74, 6) is 0.506. The van der Waals surface area contributed by atoms with Crippen molar-refractivity contribution in [3.63, 3.8) is 0 Å². The number of methoxy groups -OCH3 is 1. The van der Waals surface area contributed by atoms with E-state index in [9.17, 15) is 9.59 Å². The quantitative estimate of drug-likeness (QED) is 0.721. The first-order chi connectivity index (χ1) is 12.0. The van der Waals surface area contributed by atoms with E-state index in [0.29, 0.717) is 22.3 Å². The zero-order chi connectivity index (χ0) is 17.7. The molecule has 5 heteroatoms. The Kier molecular flexibility index (Phi) is 3.39. The fourth-order valence-corrected chi connectivity index (χ4v) is 3.40. The third-order valence-corrected chi connectivity index (χ3v) is 4.67. The molecule has 126 valence electrons. The van der Waals surface area contributed by atoms with Crippen LogP contribution in [-0.4, -0.2) is 25.0 Å². The van der Waals surface area contributed by atoms with Crippen LogP contribution < -0.4 is 10.2 Å². The molecular formula is C20H17NO4. The molecule has 3 aromatic rings. The summed E-state index contributed by atoms with van der Waals surface area (Å²) in [5, 5.41) is 0.495. The Morgan fingerprint density at radius 2 is 1.92 bits per heavy atom. The molecule has 0 saturated heterocycles. The van der Waals surface area contributed by atoms with Gasteiger partial charge in [0.2, 0.25) is 5.76 Å². The second-order valence-electron chi connectivity index (χ2n) is 6.27. The first kappa shape index (κ1) is 15.4. The summed E-state index contributed by atoms with van der Waals surface area (Å²) in [4.78, 5) is 27.3. The number of hydrogen-bond acceptors (Lipinski definition) is 4. The van der Waals surface area contributed by atoms with Crippen molar-refractivity contribution in [2.24, 2.45) is 0 Å². The average Bonchev–Trinajstić information content (AvgIpc) is 2.87. The van der Waals surface area contributed by atoms with Crippen molar-refractivity contribution >= 4 is 16.9 Å². The van der Waals surface area contributed by atoms with Crippen LogP contribution in [-0.2, 0) is 0 Å². The van der Waals surface area contributed by atoms with E-state index in [0.717, 1.165) is 11.1 Å².